The second-order valence-electron chi connectivity index (χ2n) is 5.13. The molecule has 0 amide bonds. The van der Waals surface area contributed by atoms with Gasteiger partial charge in [-0.15, -0.1) is 10.2 Å². The second kappa shape index (κ2) is 9.18. The molecule has 0 saturated carbocycles. The molecular weight excluding hydrogens is 447 g/mol. The maximum Gasteiger partial charge on any atom is 0.174 e. The van der Waals surface area contributed by atoms with Crippen LogP contribution in [0.3, 0.4) is 0 Å². The van der Waals surface area contributed by atoms with Crippen LogP contribution in [0, 0.1) is 3.57 Å². The Morgan fingerprint density at radius 2 is 1.81 bits per heavy atom. The quantitative estimate of drug-likeness (QED) is 0.291. The van der Waals surface area contributed by atoms with Crippen molar-refractivity contribution in [1.82, 2.24) is 14.9 Å². The zero-order valence-electron chi connectivity index (χ0n) is 14.1. The monoisotopic (exact) mass is 464 g/mol. The van der Waals surface area contributed by atoms with E-state index in [4.69, 9.17) is 14.2 Å². The second-order valence-corrected chi connectivity index (χ2v) is 6.29. The molecular formula is C18H17IN4O3. The number of benzene rings is 2. The average molecular weight is 464 g/mol. The molecule has 26 heavy (non-hydrogen) atoms. The van der Waals surface area contributed by atoms with Gasteiger partial charge in [0.15, 0.2) is 11.5 Å². The molecule has 1 heterocycles. The van der Waals surface area contributed by atoms with Crippen molar-refractivity contribution in [2.75, 3.05) is 20.3 Å². The summed E-state index contributed by atoms with van der Waals surface area (Å²) in [6.45, 7) is 0.857. The Morgan fingerprint density at radius 3 is 2.54 bits per heavy atom. The van der Waals surface area contributed by atoms with Crippen molar-refractivity contribution in [1.29, 1.82) is 0 Å². The number of hydrogen-bond donors (Lipinski definition) is 0. The van der Waals surface area contributed by atoms with Crippen LogP contribution in [-0.4, -0.2) is 41.4 Å². The molecule has 0 spiro atoms. The molecule has 0 atom stereocenters. The number of rotatable bonds is 8. The van der Waals surface area contributed by atoms with Crippen LogP contribution >= 0.6 is 22.6 Å². The van der Waals surface area contributed by atoms with Crippen molar-refractivity contribution in [3.05, 3.63) is 64.3 Å². The lowest BCUT2D eigenvalue weighted by molar-refractivity contribution is 0.210. The van der Waals surface area contributed by atoms with Gasteiger partial charge < -0.3 is 14.2 Å². The maximum absolute atomic E-state index is 5.86. The summed E-state index contributed by atoms with van der Waals surface area (Å²) >= 11 is 2.21. The zero-order chi connectivity index (χ0) is 18.2. The smallest absolute Gasteiger partial charge is 0.174 e. The molecule has 0 aliphatic carbocycles. The molecule has 0 unspecified atom stereocenters. The van der Waals surface area contributed by atoms with Gasteiger partial charge in [-0.2, -0.15) is 5.10 Å². The molecule has 0 aliphatic rings. The van der Waals surface area contributed by atoms with Crippen LogP contribution in [0.15, 0.2) is 60.2 Å². The summed E-state index contributed by atoms with van der Waals surface area (Å²) in [6.07, 6.45) is 4.74. The van der Waals surface area contributed by atoms with Crippen LogP contribution in [0.5, 0.6) is 17.2 Å². The van der Waals surface area contributed by atoms with Gasteiger partial charge in [-0.3, -0.25) is 0 Å². The van der Waals surface area contributed by atoms with E-state index in [1.165, 1.54) is 17.3 Å². The number of nitrogens with zero attached hydrogens (tertiary/aromatic N) is 4. The van der Waals surface area contributed by atoms with Crippen LogP contribution in [0.2, 0.25) is 0 Å². The SMILES string of the molecule is COc1cc(/C=N\n2cnnc2)cc(I)c1OCCOc1ccccc1. The topological polar surface area (TPSA) is 70.8 Å². The Labute approximate surface area is 164 Å². The van der Waals surface area contributed by atoms with E-state index in [-0.39, 0.29) is 0 Å². The average Bonchev–Trinajstić information content (AvgIpc) is 3.19. The van der Waals surface area contributed by atoms with Crippen molar-refractivity contribution >= 4 is 28.8 Å². The zero-order valence-corrected chi connectivity index (χ0v) is 16.2. The van der Waals surface area contributed by atoms with Crippen LogP contribution in [0.1, 0.15) is 5.56 Å². The Bertz CT molecular complexity index is 854. The van der Waals surface area contributed by atoms with Crippen LogP contribution in [0.25, 0.3) is 0 Å². The number of methoxy groups -OCH3 is 1. The Hall–Kier alpha value is -2.62. The number of halogens is 1. The highest BCUT2D eigenvalue weighted by Crippen LogP contribution is 2.33. The first-order valence-corrected chi connectivity index (χ1v) is 8.91. The van der Waals surface area contributed by atoms with Gasteiger partial charge in [-0.25, -0.2) is 4.68 Å². The van der Waals surface area contributed by atoms with Crippen LogP contribution < -0.4 is 14.2 Å². The summed E-state index contributed by atoms with van der Waals surface area (Å²) in [5, 5.41) is 11.6. The van der Waals surface area contributed by atoms with Crippen molar-refractivity contribution in [2.24, 2.45) is 5.10 Å². The third-order valence-corrected chi connectivity index (χ3v) is 4.14. The minimum Gasteiger partial charge on any atom is -0.493 e. The molecule has 8 heteroatoms. The van der Waals surface area contributed by atoms with E-state index in [2.05, 4.69) is 37.9 Å². The summed E-state index contributed by atoms with van der Waals surface area (Å²) in [6, 6.07) is 13.5. The van der Waals surface area contributed by atoms with E-state index in [1.807, 2.05) is 42.5 Å². The van der Waals surface area contributed by atoms with Crippen LogP contribution in [0.4, 0.5) is 0 Å². The minimum atomic E-state index is 0.412. The first-order valence-electron chi connectivity index (χ1n) is 7.83. The van der Waals surface area contributed by atoms with E-state index >= 15 is 0 Å². The van der Waals surface area contributed by atoms with Crippen molar-refractivity contribution in [3.63, 3.8) is 0 Å². The van der Waals surface area contributed by atoms with E-state index in [0.29, 0.717) is 24.7 Å². The fourth-order valence-corrected chi connectivity index (χ4v) is 2.94. The first kappa shape index (κ1) is 18.2. The van der Waals surface area contributed by atoms with Gasteiger partial charge in [0.2, 0.25) is 0 Å². The lowest BCUT2D eigenvalue weighted by Gasteiger charge is -2.14. The van der Waals surface area contributed by atoms with Gasteiger partial charge in [-0.05, 0) is 52.4 Å². The summed E-state index contributed by atoms with van der Waals surface area (Å²) in [7, 11) is 1.61. The van der Waals surface area contributed by atoms with Gasteiger partial charge in [-0.1, -0.05) is 18.2 Å². The highest BCUT2D eigenvalue weighted by Gasteiger charge is 2.11. The Kier molecular flexibility index (Phi) is 6.42. The first-order chi connectivity index (χ1) is 12.8. The predicted octanol–water partition coefficient (Wildman–Crippen LogP) is 3.23. The van der Waals surface area contributed by atoms with Gasteiger partial charge in [0, 0.05) is 0 Å². The van der Waals surface area contributed by atoms with Crippen LogP contribution in [-0.2, 0) is 0 Å². The van der Waals surface area contributed by atoms with Crippen molar-refractivity contribution < 1.29 is 14.2 Å². The van der Waals surface area contributed by atoms with Gasteiger partial charge in [0.05, 0.1) is 16.9 Å². The molecule has 7 nitrogen and oxygen atoms in total. The minimum absolute atomic E-state index is 0.412. The predicted molar refractivity (Wildman–Crippen MR) is 106 cm³/mol. The van der Waals surface area contributed by atoms with Gasteiger partial charge >= 0.3 is 0 Å². The number of para-hydroxylation sites is 1. The molecule has 0 radical (unpaired) electrons. The standard InChI is InChI=1S/C18H17IN4O3/c1-24-17-10-14(11-22-23-12-20-21-13-23)9-16(19)18(17)26-8-7-25-15-5-3-2-4-6-15/h2-6,9-13H,7-8H2,1H3/b22-11-. The molecule has 0 N–H and O–H groups in total. The summed E-state index contributed by atoms with van der Waals surface area (Å²) in [4.78, 5) is 0. The molecule has 1 aromatic heterocycles. The summed E-state index contributed by atoms with van der Waals surface area (Å²) in [5.41, 5.74) is 0.882. The lowest BCUT2D eigenvalue weighted by atomic mass is 10.2. The normalized spacial score (nSPS) is 10.8. The van der Waals surface area contributed by atoms with E-state index in [0.717, 1.165) is 14.9 Å². The summed E-state index contributed by atoms with van der Waals surface area (Å²) in [5.74, 6) is 2.14. The molecule has 134 valence electrons. The maximum atomic E-state index is 5.86. The molecule has 3 aromatic rings. The Morgan fingerprint density at radius 1 is 1.08 bits per heavy atom. The van der Waals surface area contributed by atoms with E-state index in [1.54, 1.807) is 13.3 Å². The molecule has 0 bridgehead atoms. The Balaban J connectivity index is 1.63. The van der Waals surface area contributed by atoms with E-state index in [9.17, 15) is 0 Å². The van der Waals surface area contributed by atoms with Gasteiger partial charge in [0.1, 0.15) is 31.6 Å². The third-order valence-electron chi connectivity index (χ3n) is 3.34. The fraction of sp³-hybridized carbons (Fsp3) is 0.167. The number of ether oxygens (including phenoxy) is 3. The highest BCUT2D eigenvalue weighted by atomic mass is 127. The molecule has 0 saturated heterocycles. The van der Waals surface area contributed by atoms with E-state index < -0.39 is 0 Å². The molecule has 0 aliphatic heterocycles. The number of aromatic nitrogens is 3. The third kappa shape index (κ3) is 4.94. The lowest BCUT2D eigenvalue weighted by Crippen LogP contribution is -2.10. The van der Waals surface area contributed by atoms with Crippen molar-refractivity contribution in [2.45, 2.75) is 0 Å². The molecule has 0 fully saturated rings. The van der Waals surface area contributed by atoms with Crippen molar-refractivity contribution in [3.8, 4) is 17.2 Å². The molecule has 2 aromatic carbocycles. The number of hydrogen-bond acceptors (Lipinski definition) is 6. The molecule has 3 rings (SSSR count). The fourth-order valence-electron chi connectivity index (χ4n) is 2.16. The van der Waals surface area contributed by atoms with Gasteiger partial charge in [0.25, 0.3) is 0 Å². The summed E-state index contributed by atoms with van der Waals surface area (Å²) < 4.78 is 19.4. The largest absolute Gasteiger partial charge is 0.493 e. The highest BCUT2D eigenvalue weighted by molar-refractivity contribution is 14.1.